The maximum atomic E-state index is 12.5. The second-order valence-electron chi connectivity index (χ2n) is 6.38. The number of nitrogens with zero attached hydrogens (tertiary/aromatic N) is 1. The minimum Gasteiger partial charge on any atom is -0.481 e. The molecule has 1 aliphatic carbocycles. The average molecular weight is 352 g/mol. The Morgan fingerprint density at radius 2 is 2.19 bits per heavy atom. The van der Waals surface area contributed by atoms with Crippen molar-refractivity contribution in [2.24, 2.45) is 11.3 Å². The zero-order chi connectivity index (χ0) is 15.2. The summed E-state index contributed by atoms with van der Waals surface area (Å²) in [6, 6.07) is 8.06. The van der Waals surface area contributed by atoms with Crippen molar-refractivity contribution in [3.63, 3.8) is 0 Å². The van der Waals surface area contributed by atoms with E-state index in [0.717, 1.165) is 10.9 Å². The molecule has 2 aliphatic rings. The molecule has 0 radical (unpaired) electrons. The van der Waals surface area contributed by atoms with E-state index in [1.807, 2.05) is 18.2 Å². The molecule has 1 aliphatic heterocycles. The van der Waals surface area contributed by atoms with E-state index in [1.165, 1.54) is 5.56 Å². The minimum atomic E-state index is -0.808. The highest BCUT2D eigenvalue weighted by Gasteiger charge is 2.49. The molecule has 1 aromatic carbocycles. The van der Waals surface area contributed by atoms with Gasteiger partial charge in [0.25, 0.3) is 0 Å². The number of hydrogen-bond donors (Lipinski definition) is 1. The summed E-state index contributed by atoms with van der Waals surface area (Å²) in [6.45, 7) is 2.62. The lowest BCUT2D eigenvalue weighted by Gasteiger charge is -2.20. The Balaban J connectivity index is 1.65. The van der Waals surface area contributed by atoms with Crippen LogP contribution in [0.1, 0.15) is 31.2 Å². The van der Waals surface area contributed by atoms with E-state index in [4.69, 9.17) is 0 Å². The summed E-state index contributed by atoms with van der Waals surface area (Å²) in [5.74, 6) is -0.385. The van der Waals surface area contributed by atoms with Crippen molar-refractivity contribution in [1.29, 1.82) is 0 Å². The maximum absolute atomic E-state index is 12.5. The number of halogens is 1. The van der Waals surface area contributed by atoms with Gasteiger partial charge >= 0.3 is 5.97 Å². The van der Waals surface area contributed by atoms with Crippen molar-refractivity contribution >= 4 is 27.8 Å². The van der Waals surface area contributed by atoms with Crippen molar-refractivity contribution < 1.29 is 14.7 Å². The van der Waals surface area contributed by atoms with Crippen molar-refractivity contribution in [3.05, 3.63) is 34.3 Å². The van der Waals surface area contributed by atoms with Crippen LogP contribution in [0.25, 0.3) is 0 Å². The molecule has 1 amide bonds. The third-order valence-corrected chi connectivity index (χ3v) is 5.18. The number of carbonyl (C=O) groups is 2. The molecule has 1 aromatic rings. The van der Waals surface area contributed by atoms with Gasteiger partial charge in [-0.1, -0.05) is 28.1 Å². The highest BCUT2D eigenvalue weighted by molar-refractivity contribution is 9.10. The molecule has 1 N–H and O–H groups in total. The van der Waals surface area contributed by atoms with E-state index in [2.05, 4.69) is 22.0 Å². The summed E-state index contributed by atoms with van der Waals surface area (Å²) in [7, 11) is 0. The van der Waals surface area contributed by atoms with Crippen molar-refractivity contribution in [2.45, 2.75) is 25.7 Å². The van der Waals surface area contributed by atoms with Gasteiger partial charge in [-0.2, -0.15) is 0 Å². The van der Waals surface area contributed by atoms with Gasteiger partial charge in [-0.3, -0.25) is 9.59 Å². The number of rotatable bonds is 3. The molecule has 0 bridgehead atoms. The second kappa shape index (κ2) is 5.13. The van der Waals surface area contributed by atoms with Gasteiger partial charge in [0, 0.05) is 23.5 Å². The number of carboxylic acids is 1. The van der Waals surface area contributed by atoms with E-state index in [1.54, 1.807) is 11.8 Å². The number of carbonyl (C=O) groups excluding carboxylic acids is 1. The zero-order valence-corrected chi connectivity index (χ0v) is 13.5. The topological polar surface area (TPSA) is 57.6 Å². The fraction of sp³-hybridized carbons (Fsp3) is 0.500. The lowest BCUT2D eigenvalue weighted by atomic mass is 9.90. The Labute approximate surface area is 132 Å². The van der Waals surface area contributed by atoms with E-state index < -0.39 is 11.4 Å². The largest absolute Gasteiger partial charge is 0.481 e. The molecule has 112 valence electrons. The molecule has 5 heteroatoms. The summed E-state index contributed by atoms with van der Waals surface area (Å²) in [5, 5.41) is 9.24. The lowest BCUT2D eigenvalue weighted by molar-refractivity contribution is -0.147. The van der Waals surface area contributed by atoms with E-state index in [9.17, 15) is 14.7 Å². The van der Waals surface area contributed by atoms with E-state index in [-0.39, 0.29) is 17.7 Å². The lowest BCUT2D eigenvalue weighted by Crippen LogP contribution is -2.35. The quantitative estimate of drug-likeness (QED) is 0.910. The molecular weight excluding hydrogens is 334 g/mol. The van der Waals surface area contributed by atoms with Crippen LogP contribution in [0.4, 0.5) is 0 Å². The Morgan fingerprint density at radius 1 is 1.43 bits per heavy atom. The first-order valence-corrected chi connectivity index (χ1v) is 7.98. The Hall–Kier alpha value is -1.36. The molecule has 2 fully saturated rings. The first-order chi connectivity index (χ1) is 9.90. The molecule has 0 unspecified atom stereocenters. The summed E-state index contributed by atoms with van der Waals surface area (Å²) in [5.41, 5.74) is 0.401. The smallest absolute Gasteiger partial charge is 0.311 e. The number of likely N-dealkylation sites (tertiary alicyclic amines) is 1. The second-order valence-corrected chi connectivity index (χ2v) is 7.29. The Bertz CT molecular complexity index is 603. The summed E-state index contributed by atoms with van der Waals surface area (Å²) >= 11 is 3.45. The SMILES string of the molecule is C[C@]1(C(=O)O)CCN(C(=O)[C@@H]2C[C@@H]2c2cccc(Br)c2)C1. The molecule has 3 atom stereocenters. The molecule has 1 saturated heterocycles. The number of carboxylic acid groups (broad SMARTS) is 1. The van der Waals surface area contributed by atoms with Crippen LogP contribution in [-0.2, 0) is 9.59 Å². The molecule has 1 heterocycles. The van der Waals surface area contributed by atoms with Crippen molar-refractivity contribution in [2.75, 3.05) is 13.1 Å². The summed E-state index contributed by atoms with van der Waals surface area (Å²) in [4.78, 5) is 25.5. The van der Waals surface area contributed by atoms with Crippen LogP contribution in [0, 0.1) is 11.3 Å². The predicted molar refractivity (Wildman–Crippen MR) is 81.9 cm³/mol. The highest BCUT2D eigenvalue weighted by Crippen LogP contribution is 2.49. The Morgan fingerprint density at radius 3 is 2.81 bits per heavy atom. The normalized spacial score (nSPS) is 31.2. The van der Waals surface area contributed by atoms with Crippen molar-refractivity contribution in [3.8, 4) is 0 Å². The molecule has 21 heavy (non-hydrogen) atoms. The number of aliphatic carboxylic acids is 1. The monoisotopic (exact) mass is 351 g/mol. The molecule has 0 spiro atoms. The van der Waals surface area contributed by atoms with Gasteiger partial charge in [-0.25, -0.2) is 0 Å². The number of amides is 1. The van der Waals surface area contributed by atoms with Crippen LogP contribution in [0.3, 0.4) is 0 Å². The fourth-order valence-corrected chi connectivity index (χ4v) is 3.55. The first kappa shape index (κ1) is 14.6. The van der Waals surface area contributed by atoms with Gasteiger partial charge in [0.1, 0.15) is 0 Å². The van der Waals surface area contributed by atoms with E-state index in [0.29, 0.717) is 19.5 Å². The highest BCUT2D eigenvalue weighted by atomic mass is 79.9. The third kappa shape index (κ3) is 2.71. The third-order valence-electron chi connectivity index (χ3n) is 4.69. The Kier molecular flexibility index (Phi) is 3.56. The number of hydrogen-bond acceptors (Lipinski definition) is 2. The van der Waals surface area contributed by atoms with Crippen LogP contribution >= 0.6 is 15.9 Å². The van der Waals surface area contributed by atoms with Crippen LogP contribution in [-0.4, -0.2) is 35.0 Å². The fourth-order valence-electron chi connectivity index (χ4n) is 3.13. The zero-order valence-electron chi connectivity index (χ0n) is 11.9. The minimum absolute atomic E-state index is 0.0236. The van der Waals surface area contributed by atoms with Crippen LogP contribution in [0.2, 0.25) is 0 Å². The van der Waals surface area contributed by atoms with Gasteiger partial charge in [-0.05, 0) is 43.4 Å². The van der Waals surface area contributed by atoms with Gasteiger partial charge < -0.3 is 10.0 Å². The predicted octanol–water partition coefficient (Wildman–Crippen LogP) is 2.88. The summed E-state index contributed by atoms with van der Waals surface area (Å²) < 4.78 is 1.03. The molecule has 0 aromatic heterocycles. The molecular formula is C16H18BrNO3. The molecule has 4 nitrogen and oxygen atoms in total. The molecule has 3 rings (SSSR count). The average Bonchev–Trinajstić information content (AvgIpc) is 3.14. The number of benzene rings is 1. The summed E-state index contributed by atoms with van der Waals surface area (Å²) in [6.07, 6.45) is 1.41. The van der Waals surface area contributed by atoms with Crippen molar-refractivity contribution in [1.82, 2.24) is 4.90 Å². The standard InChI is InChI=1S/C16H18BrNO3/c1-16(15(20)21)5-6-18(9-16)14(19)13-8-12(13)10-3-2-4-11(17)7-10/h2-4,7,12-13H,5-6,8-9H2,1H3,(H,20,21)/t12-,13-,16+/m1/s1. The van der Waals surface area contributed by atoms with Crippen LogP contribution in [0.5, 0.6) is 0 Å². The van der Waals surface area contributed by atoms with Gasteiger partial charge in [0.05, 0.1) is 5.41 Å². The van der Waals surface area contributed by atoms with Crippen LogP contribution < -0.4 is 0 Å². The molecule has 1 saturated carbocycles. The maximum Gasteiger partial charge on any atom is 0.311 e. The van der Waals surface area contributed by atoms with Gasteiger partial charge in [-0.15, -0.1) is 0 Å². The van der Waals surface area contributed by atoms with Gasteiger partial charge in [0.15, 0.2) is 0 Å². The van der Waals surface area contributed by atoms with E-state index >= 15 is 0 Å². The van der Waals surface area contributed by atoms with Gasteiger partial charge in [0.2, 0.25) is 5.91 Å². The van der Waals surface area contributed by atoms with Crippen LogP contribution in [0.15, 0.2) is 28.7 Å². The first-order valence-electron chi connectivity index (χ1n) is 7.18.